The first-order valence-corrected chi connectivity index (χ1v) is 10.2. The number of nitrogens with one attached hydrogen (secondary N) is 2. The number of carbonyl (C=O) groups excluding carboxylic acids is 3. The van der Waals surface area contributed by atoms with E-state index in [4.69, 9.17) is 0 Å². The van der Waals surface area contributed by atoms with Crippen LogP contribution >= 0.6 is 0 Å². The molecule has 0 radical (unpaired) electrons. The lowest BCUT2D eigenvalue weighted by molar-refractivity contribution is 0.0642. The molecule has 1 aliphatic rings. The molecule has 2 N–H and O–H groups in total. The number of carbonyl (C=O) groups is 3. The molecule has 0 aromatic heterocycles. The highest BCUT2D eigenvalue weighted by atomic mass is 16.2. The summed E-state index contributed by atoms with van der Waals surface area (Å²) in [5, 5.41) is 6.15. The van der Waals surface area contributed by atoms with E-state index in [-0.39, 0.29) is 29.8 Å². The zero-order valence-electron chi connectivity index (χ0n) is 17.0. The molecule has 0 saturated heterocycles. The van der Waals surface area contributed by atoms with Crippen LogP contribution in [0.25, 0.3) is 0 Å². The molecule has 3 amide bonds. The third-order valence-corrected chi connectivity index (χ3v) is 5.16. The number of fused-ring (bicyclic) bond motifs is 1. The predicted octanol–water partition coefficient (Wildman–Crippen LogP) is 3.71. The molecule has 31 heavy (non-hydrogen) atoms. The maximum absolute atomic E-state index is 12.8. The van der Waals surface area contributed by atoms with Crippen LogP contribution in [0.4, 0.5) is 5.69 Å². The van der Waals surface area contributed by atoms with Crippen molar-refractivity contribution >= 4 is 23.4 Å². The Bertz CT molecular complexity index is 1100. The molecule has 3 aromatic rings. The van der Waals surface area contributed by atoms with Crippen molar-refractivity contribution in [2.75, 3.05) is 18.4 Å². The van der Waals surface area contributed by atoms with Gasteiger partial charge in [-0.3, -0.25) is 19.3 Å². The van der Waals surface area contributed by atoms with Gasteiger partial charge in [0.1, 0.15) is 0 Å². The quantitative estimate of drug-likeness (QED) is 0.436. The van der Waals surface area contributed by atoms with Crippen molar-refractivity contribution in [1.82, 2.24) is 10.2 Å². The predicted molar refractivity (Wildman–Crippen MR) is 119 cm³/mol. The summed E-state index contributed by atoms with van der Waals surface area (Å²) in [6, 6.07) is 23.9. The zero-order chi connectivity index (χ0) is 21.6. The average molecular weight is 413 g/mol. The minimum atomic E-state index is -0.370. The Morgan fingerprint density at radius 1 is 0.774 bits per heavy atom. The lowest BCUT2D eigenvalue weighted by Crippen LogP contribution is -2.29. The second-order valence-corrected chi connectivity index (χ2v) is 7.34. The van der Waals surface area contributed by atoms with Gasteiger partial charge in [-0.15, -0.1) is 0 Å². The molecule has 0 unspecified atom stereocenters. The van der Waals surface area contributed by atoms with Crippen LogP contribution in [-0.2, 0) is 6.54 Å². The summed E-state index contributed by atoms with van der Waals surface area (Å²) >= 11 is 0. The van der Waals surface area contributed by atoms with E-state index in [0.717, 1.165) is 24.2 Å². The van der Waals surface area contributed by atoms with Gasteiger partial charge in [0.05, 0.1) is 17.7 Å². The maximum Gasteiger partial charge on any atom is 0.261 e. The van der Waals surface area contributed by atoms with Gasteiger partial charge in [0, 0.05) is 24.3 Å². The number of rotatable bonds is 8. The number of amides is 3. The topological polar surface area (TPSA) is 78.5 Å². The first kappa shape index (κ1) is 20.3. The van der Waals surface area contributed by atoms with Gasteiger partial charge >= 0.3 is 0 Å². The Labute approximate surface area is 180 Å². The molecule has 0 aliphatic carbocycles. The van der Waals surface area contributed by atoms with Crippen LogP contribution in [0.1, 0.15) is 43.1 Å². The molecule has 6 heteroatoms. The monoisotopic (exact) mass is 413 g/mol. The number of anilines is 1. The molecule has 0 fully saturated rings. The van der Waals surface area contributed by atoms with Gasteiger partial charge in [-0.25, -0.2) is 0 Å². The molecule has 1 heterocycles. The molecule has 0 atom stereocenters. The smallest absolute Gasteiger partial charge is 0.261 e. The van der Waals surface area contributed by atoms with Crippen LogP contribution in [0.2, 0.25) is 0 Å². The van der Waals surface area contributed by atoms with E-state index >= 15 is 0 Å². The number of hydrogen-bond acceptors (Lipinski definition) is 4. The van der Waals surface area contributed by atoms with Crippen molar-refractivity contribution in [2.45, 2.75) is 13.0 Å². The molecule has 0 bridgehead atoms. The van der Waals surface area contributed by atoms with E-state index in [2.05, 4.69) is 10.6 Å². The number of imide groups is 1. The molecule has 1 aliphatic heterocycles. The van der Waals surface area contributed by atoms with Gasteiger partial charge in [-0.2, -0.15) is 0 Å². The van der Waals surface area contributed by atoms with E-state index in [0.29, 0.717) is 17.7 Å². The lowest BCUT2D eigenvalue weighted by atomic mass is 10.1. The molecular weight excluding hydrogens is 390 g/mol. The summed E-state index contributed by atoms with van der Waals surface area (Å²) in [7, 11) is 0. The van der Waals surface area contributed by atoms with Crippen LogP contribution in [0.3, 0.4) is 0 Å². The van der Waals surface area contributed by atoms with Gasteiger partial charge in [0.25, 0.3) is 17.7 Å². The van der Waals surface area contributed by atoms with E-state index < -0.39 is 0 Å². The van der Waals surface area contributed by atoms with Crippen LogP contribution in [-0.4, -0.2) is 35.7 Å². The highest BCUT2D eigenvalue weighted by molar-refractivity contribution is 6.22. The van der Waals surface area contributed by atoms with Crippen molar-refractivity contribution < 1.29 is 14.4 Å². The first-order chi connectivity index (χ1) is 15.1. The Hall–Kier alpha value is -3.93. The standard InChI is InChI=1S/C25H23N3O3/c29-23(27-15-7-14-26-20-10-5-2-6-11-20)19-12-13-21-22(16-19)25(31)28(24(21)30)17-18-8-3-1-4-9-18/h1-6,8-13,16,26H,7,14-15,17H2,(H,27,29). The minimum absolute atomic E-state index is 0.211. The lowest BCUT2D eigenvalue weighted by Gasteiger charge is -2.13. The van der Waals surface area contributed by atoms with Crippen LogP contribution < -0.4 is 10.6 Å². The second-order valence-electron chi connectivity index (χ2n) is 7.34. The fourth-order valence-electron chi connectivity index (χ4n) is 3.52. The SMILES string of the molecule is O=C(NCCCNc1ccccc1)c1ccc2c(c1)C(=O)N(Cc1ccccc1)C2=O. The number of para-hydroxylation sites is 1. The Morgan fingerprint density at radius 2 is 1.45 bits per heavy atom. The first-order valence-electron chi connectivity index (χ1n) is 10.2. The molecule has 6 nitrogen and oxygen atoms in total. The number of hydrogen-bond donors (Lipinski definition) is 2. The fourth-order valence-corrected chi connectivity index (χ4v) is 3.52. The van der Waals surface area contributed by atoms with Gasteiger partial charge in [-0.1, -0.05) is 48.5 Å². The van der Waals surface area contributed by atoms with Crippen molar-refractivity contribution in [2.24, 2.45) is 0 Å². The average Bonchev–Trinajstić information content (AvgIpc) is 3.04. The van der Waals surface area contributed by atoms with Crippen molar-refractivity contribution in [3.8, 4) is 0 Å². The molecule has 0 saturated carbocycles. The van der Waals surface area contributed by atoms with Gasteiger partial charge in [0.15, 0.2) is 0 Å². The van der Waals surface area contributed by atoms with Crippen LogP contribution in [0, 0.1) is 0 Å². The van der Waals surface area contributed by atoms with Gasteiger partial charge in [-0.05, 0) is 42.3 Å². The summed E-state index contributed by atoms with van der Waals surface area (Å²) < 4.78 is 0. The molecular formula is C25H23N3O3. The Kier molecular flexibility index (Phi) is 6.08. The van der Waals surface area contributed by atoms with E-state index in [1.807, 2.05) is 60.7 Å². The van der Waals surface area contributed by atoms with Crippen molar-refractivity contribution in [3.63, 3.8) is 0 Å². The van der Waals surface area contributed by atoms with E-state index in [1.165, 1.54) is 11.0 Å². The molecule has 156 valence electrons. The highest BCUT2D eigenvalue weighted by Crippen LogP contribution is 2.25. The zero-order valence-corrected chi connectivity index (χ0v) is 17.0. The van der Waals surface area contributed by atoms with Crippen molar-refractivity contribution in [1.29, 1.82) is 0 Å². The normalized spacial score (nSPS) is 12.6. The summed E-state index contributed by atoms with van der Waals surface area (Å²) in [6.07, 6.45) is 0.758. The summed E-state index contributed by atoms with van der Waals surface area (Å²) in [6.45, 7) is 1.45. The van der Waals surface area contributed by atoms with Crippen molar-refractivity contribution in [3.05, 3.63) is 101 Å². The fraction of sp³-hybridized carbons (Fsp3) is 0.160. The Balaban J connectivity index is 1.34. The highest BCUT2D eigenvalue weighted by Gasteiger charge is 2.35. The Morgan fingerprint density at radius 3 is 2.19 bits per heavy atom. The van der Waals surface area contributed by atoms with Gasteiger partial charge in [0.2, 0.25) is 0 Å². The van der Waals surface area contributed by atoms with Crippen LogP contribution in [0.15, 0.2) is 78.9 Å². The minimum Gasteiger partial charge on any atom is -0.385 e. The van der Waals surface area contributed by atoms with E-state index in [9.17, 15) is 14.4 Å². The molecule has 0 spiro atoms. The summed E-state index contributed by atoms with van der Waals surface area (Å²) in [4.78, 5) is 39.2. The number of benzene rings is 3. The third-order valence-electron chi connectivity index (χ3n) is 5.16. The molecule has 4 rings (SSSR count). The number of nitrogens with zero attached hydrogens (tertiary/aromatic N) is 1. The summed E-state index contributed by atoms with van der Waals surface area (Å²) in [5.74, 6) is -0.961. The maximum atomic E-state index is 12.8. The molecule has 3 aromatic carbocycles. The van der Waals surface area contributed by atoms with Gasteiger partial charge < -0.3 is 10.6 Å². The van der Waals surface area contributed by atoms with Crippen LogP contribution in [0.5, 0.6) is 0 Å². The largest absolute Gasteiger partial charge is 0.385 e. The third kappa shape index (κ3) is 4.64. The van der Waals surface area contributed by atoms with E-state index in [1.54, 1.807) is 12.1 Å². The summed E-state index contributed by atoms with van der Waals surface area (Å²) in [5.41, 5.74) is 2.90. The second kappa shape index (κ2) is 9.26.